The normalized spacial score (nSPS) is 13.1. The fraction of sp³-hybridized carbons (Fsp3) is 0.667. The highest BCUT2D eigenvalue weighted by Crippen LogP contribution is 2.17. The summed E-state index contributed by atoms with van der Waals surface area (Å²) in [6.07, 6.45) is 0.103. The minimum atomic E-state index is -1.20. The minimum Gasteiger partial charge on any atom is -0.480 e. The van der Waals surface area contributed by atoms with Crippen molar-refractivity contribution in [2.45, 2.75) is 33.2 Å². The van der Waals surface area contributed by atoms with Crippen LogP contribution in [0.25, 0.3) is 0 Å². The smallest absolute Gasteiger partial charge is 0.326 e. The van der Waals surface area contributed by atoms with Crippen LogP contribution in [0.3, 0.4) is 0 Å². The molecule has 0 aliphatic rings. The quantitative estimate of drug-likeness (QED) is 0.622. The first kappa shape index (κ1) is 12.6. The van der Waals surface area contributed by atoms with E-state index in [-0.39, 0.29) is 18.6 Å². The van der Waals surface area contributed by atoms with Crippen LogP contribution < -0.4 is 5.32 Å². The monoisotopic (exact) mass is 201 g/mol. The number of amides is 1. The lowest BCUT2D eigenvalue weighted by atomic mass is 9.87. The Labute approximate surface area is 82.5 Å². The number of nitrogens with one attached hydrogen (secondary N) is 1. The largest absolute Gasteiger partial charge is 0.480 e. The third-order valence-electron chi connectivity index (χ3n) is 1.79. The molecule has 1 amide bonds. The van der Waals surface area contributed by atoms with Gasteiger partial charge in [-0.05, 0) is 0 Å². The molecule has 0 spiro atoms. The summed E-state index contributed by atoms with van der Waals surface area (Å²) in [5.41, 5.74) is -0.585. The van der Waals surface area contributed by atoms with Gasteiger partial charge in [0.25, 0.3) is 0 Å². The Kier molecular flexibility index (Phi) is 4.27. The second kappa shape index (κ2) is 4.74. The Hall–Kier alpha value is -1.39. The Morgan fingerprint density at radius 3 is 2.21 bits per heavy atom. The number of aliphatic carboxylic acids is 1. The van der Waals surface area contributed by atoms with Gasteiger partial charge in [0.2, 0.25) is 6.41 Å². The number of hydrogen-bond donors (Lipinski definition) is 2. The summed E-state index contributed by atoms with van der Waals surface area (Å²) in [6.45, 7) is 5.11. The summed E-state index contributed by atoms with van der Waals surface area (Å²) in [6, 6.07) is -1.13. The zero-order chi connectivity index (χ0) is 11.4. The molecule has 0 bridgehead atoms. The van der Waals surface area contributed by atoms with Crippen molar-refractivity contribution in [3.05, 3.63) is 0 Å². The molecule has 0 aromatic heterocycles. The van der Waals surface area contributed by atoms with E-state index in [9.17, 15) is 14.4 Å². The highest BCUT2D eigenvalue weighted by Gasteiger charge is 2.27. The first-order valence-corrected chi connectivity index (χ1v) is 4.25. The predicted molar refractivity (Wildman–Crippen MR) is 49.7 cm³/mol. The van der Waals surface area contributed by atoms with Crippen molar-refractivity contribution in [2.24, 2.45) is 5.41 Å². The summed E-state index contributed by atoms with van der Waals surface area (Å²) in [5.74, 6) is -1.39. The third kappa shape index (κ3) is 4.02. The van der Waals surface area contributed by atoms with Gasteiger partial charge >= 0.3 is 5.97 Å². The van der Waals surface area contributed by atoms with Crippen molar-refractivity contribution in [2.75, 3.05) is 0 Å². The van der Waals surface area contributed by atoms with E-state index in [1.165, 1.54) is 0 Å². The van der Waals surface area contributed by atoms with Crippen molar-refractivity contribution in [1.29, 1.82) is 0 Å². The molecule has 5 nitrogen and oxygen atoms in total. The zero-order valence-corrected chi connectivity index (χ0v) is 8.53. The molecule has 0 aliphatic heterocycles. The zero-order valence-electron chi connectivity index (χ0n) is 8.53. The lowest BCUT2D eigenvalue weighted by Crippen LogP contribution is -2.39. The van der Waals surface area contributed by atoms with Gasteiger partial charge in [0.05, 0.1) is 0 Å². The number of rotatable bonds is 5. The molecule has 0 heterocycles. The van der Waals surface area contributed by atoms with Crippen LogP contribution in [0.1, 0.15) is 27.2 Å². The molecule has 0 aromatic rings. The van der Waals surface area contributed by atoms with Gasteiger partial charge in [-0.25, -0.2) is 4.79 Å². The fourth-order valence-corrected chi connectivity index (χ4v) is 0.791. The van der Waals surface area contributed by atoms with Crippen LogP contribution in [0, 0.1) is 5.41 Å². The lowest BCUT2D eigenvalue weighted by Gasteiger charge is -2.19. The number of carbonyl (C=O) groups excluding carboxylic acids is 2. The van der Waals surface area contributed by atoms with Crippen LogP contribution >= 0.6 is 0 Å². The van der Waals surface area contributed by atoms with E-state index in [4.69, 9.17) is 5.11 Å². The molecule has 0 fully saturated rings. The molecule has 2 N–H and O–H groups in total. The SMILES string of the molecule is CC(C)(C)C(=O)CC(NC=O)C(=O)O. The number of carboxylic acids is 1. The molecule has 1 unspecified atom stereocenters. The molecular formula is C9H15NO4. The molecular weight excluding hydrogens is 186 g/mol. The Bertz CT molecular complexity index is 242. The van der Waals surface area contributed by atoms with Crippen molar-refractivity contribution in [3.8, 4) is 0 Å². The Morgan fingerprint density at radius 2 is 1.93 bits per heavy atom. The number of hydrogen-bond acceptors (Lipinski definition) is 3. The highest BCUT2D eigenvalue weighted by atomic mass is 16.4. The average molecular weight is 201 g/mol. The molecule has 5 heteroatoms. The molecule has 80 valence electrons. The molecule has 0 saturated heterocycles. The molecule has 0 radical (unpaired) electrons. The van der Waals surface area contributed by atoms with Gasteiger partial charge in [-0.3, -0.25) is 9.59 Å². The number of Topliss-reactive ketones (excluding diaryl/α,β-unsaturated/α-hetero) is 1. The lowest BCUT2D eigenvalue weighted by molar-refractivity contribution is -0.143. The molecule has 0 aliphatic carbocycles. The van der Waals surface area contributed by atoms with Crippen molar-refractivity contribution in [3.63, 3.8) is 0 Å². The summed E-state index contributed by atoms with van der Waals surface area (Å²) >= 11 is 0. The van der Waals surface area contributed by atoms with Crippen LogP contribution in [0.15, 0.2) is 0 Å². The van der Waals surface area contributed by atoms with Crippen LogP contribution in [-0.4, -0.2) is 29.3 Å². The van der Waals surface area contributed by atoms with Crippen LogP contribution in [0.4, 0.5) is 0 Å². The summed E-state index contributed by atoms with van der Waals surface area (Å²) in [7, 11) is 0. The molecule has 0 rings (SSSR count). The molecule has 14 heavy (non-hydrogen) atoms. The van der Waals surface area contributed by atoms with Crippen molar-refractivity contribution in [1.82, 2.24) is 5.32 Å². The first-order chi connectivity index (χ1) is 6.29. The van der Waals surface area contributed by atoms with Crippen molar-refractivity contribution < 1.29 is 19.5 Å². The van der Waals surface area contributed by atoms with Gasteiger partial charge in [-0.1, -0.05) is 20.8 Å². The highest BCUT2D eigenvalue weighted by molar-refractivity contribution is 5.89. The fourth-order valence-electron chi connectivity index (χ4n) is 0.791. The van der Waals surface area contributed by atoms with E-state index in [0.717, 1.165) is 0 Å². The van der Waals surface area contributed by atoms with Gasteiger partial charge in [0.1, 0.15) is 11.8 Å². The predicted octanol–water partition coefficient (Wildman–Crippen LogP) is 0.191. The Balaban J connectivity index is 4.38. The number of ketones is 1. The second-order valence-corrected chi connectivity index (χ2v) is 4.05. The molecule has 0 saturated carbocycles. The van der Waals surface area contributed by atoms with Gasteiger partial charge in [-0.2, -0.15) is 0 Å². The topological polar surface area (TPSA) is 83.5 Å². The van der Waals surface area contributed by atoms with Gasteiger partial charge in [0, 0.05) is 11.8 Å². The number of carbonyl (C=O) groups is 3. The summed E-state index contributed by atoms with van der Waals surface area (Å²) < 4.78 is 0. The van der Waals surface area contributed by atoms with E-state index < -0.39 is 17.4 Å². The van der Waals surface area contributed by atoms with Gasteiger partial charge in [0.15, 0.2) is 0 Å². The summed E-state index contributed by atoms with van der Waals surface area (Å²) in [4.78, 5) is 32.1. The van der Waals surface area contributed by atoms with E-state index in [0.29, 0.717) is 0 Å². The van der Waals surface area contributed by atoms with E-state index in [1.54, 1.807) is 20.8 Å². The van der Waals surface area contributed by atoms with E-state index in [2.05, 4.69) is 5.32 Å². The van der Waals surface area contributed by atoms with Crippen LogP contribution in [-0.2, 0) is 14.4 Å². The molecule has 1 atom stereocenters. The maximum absolute atomic E-state index is 11.4. The summed E-state index contributed by atoms with van der Waals surface area (Å²) in [5, 5.41) is 10.7. The van der Waals surface area contributed by atoms with Gasteiger partial charge in [-0.15, -0.1) is 0 Å². The average Bonchev–Trinajstić information content (AvgIpc) is 2.01. The van der Waals surface area contributed by atoms with Crippen LogP contribution in [0.5, 0.6) is 0 Å². The van der Waals surface area contributed by atoms with Gasteiger partial charge < -0.3 is 10.4 Å². The van der Waals surface area contributed by atoms with E-state index >= 15 is 0 Å². The minimum absolute atomic E-state index is 0.183. The maximum atomic E-state index is 11.4. The van der Waals surface area contributed by atoms with Crippen molar-refractivity contribution >= 4 is 18.2 Å². The second-order valence-electron chi connectivity index (χ2n) is 4.05. The molecule has 0 aromatic carbocycles. The third-order valence-corrected chi connectivity index (χ3v) is 1.79. The Morgan fingerprint density at radius 1 is 1.43 bits per heavy atom. The maximum Gasteiger partial charge on any atom is 0.326 e. The number of carboxylic acid groups (broad SMARTS) is 1. The van der Waals surface area contributed by atoms with E-state index in [1.807, 2.05) is 0 Å². The van der Waals surface area contributed by atoms with Crippen LogP contribution in [0.2, 0.25) is 0 Å². The first-order valence-electron chi connectivity index (χ1n) is 4.25. The standard InChI is InChI=1S/C9H15NO4/c1-9(2,3)7(12)4-6(8(13)14)10-5-11/h5-6H,4H2,1-3H3,(H,10,11)(H,13,14).